The molecular weight excluding hydrogens is 272 g/mol. The minimum absolute atomic E-state index is 0.0644. The van der Waals surface area contributed by atoms with Crippen molar-refractivity contribution in [3.8, 4) is 0 Å². The van der Waals surface area contributed by atoms with E-state index in [4.69, 9.17) is 4.55 Å². The van der Waals surface area contributed by atoms with Crippen LogP contribution in [0.15, 0.2) is 0 Å². The molecule has 4 bridgehead atoms. The van der Waals surface area contributed by atoms with Crippen molar-refractivity contribution in [2.75, 3.05) is 5.75 Å². The quantitative estimate of drug-likeness (QED) is 0.573. The molecule has 0 saturated heterocycles. The molecule has 4 rings (SSSR count). The topological polar surface area (TPSA) is 54.4 Å². The van der Waals surface area contributed by atoms with Crippen LogP contribution in [-0.4, -0.2) is 18.7 Å². The molecule has 4 fully saturated rings. The van der Waals surface area contributed by atoms with Crippen LogP contribution in [0, 0.1) is 29.6 Å². The fourth-order valence-electron chi connectivity index (χ4n) is 5.53. The minimum Gasteiger partial charge on any atom is -0.286 e. The molecule has 0 spiro atoms. The molecule has 0 aromatic rings. The maximum atomic E-state index is 10.6. The van der Waals surface area contributed by atoms with Crippen LogP contribution >= 0.6 is 0 Å². The van der Waals surface area contributed by atoms with Gasteiger partial charge < -0.3 is 0 Å². The summed E-state index contributed by atoms with van der Waals surface area (Å²) in [4.78, 5) is 0. The van der Waals surface area contributed by atoms with Crippen LogP contribution in [0.1, 0.15) is 64.2 Å². The van der Waals surface area contributed by atoms with Gasteiger partial charge in [0, 0.05) is 0 Å². The fourth-order valence-corrected chi connectivity index (χ4v) is 6.10. The Hall–Kier alpha value is -0.0900. The Bertz CT molecular complexity index is 401. The van der Waals surface area contributed by atoms with Crippen LogP contribution in [0.5, 0.6) is 0 Å². The molecule has 4 heteroatoms. The third-order valence-electron chi connectivity index (χ3n) is 6.11. The van der Waals surface area contributed by atoms with Crippen molar-refractivity contribution < 1.29 is 13.0 Å². The molecule has 0 radical (unpaired) electrons. The Balaban J connectivity index is 1.35. The van der Waals surface area contributed by atoms with Gasteiger partial charge >= 0.3 is 0 Å². The molecule has 1 N–H and O–H groups in total. The van der Waals surface area contributed by atoms with Gasteiger partial charge in [-0.15, -0.1) is 0 Å². The molecule has 0 aliphatic heterocycles. The standard InChI is InChI=1S/C16H28O3S/c17-20(18,19)6-4-2-1-3-5-16-14-8-12-7-13(10-14)11-15(16)9-12/h12-16H,1-11H2,(H,17,18,19). The lowest BCUT2D eigenvalue weighted by Gasteiger charge is -2.54. The Labute approximate surface area is 123 Å². The average Bonchev–Trinajstić information content (AvgIpc) is 2.34. The zero-order chi connectivity index (χ0) is 14.2. The average molecular weight is 300 g/mol. The predicted octanol–water partition coefficient (Wildman–Crippen LogP) is 3.90. The van der Waals surface area contributed by atoms with Gasteiger partial charge in [-0.3, -0.25) is 4.55 Å². The van der Waals surface area contributed by atoms with Crippen LogP contribution < -0.4 is 0 Å². The van der Waals surface area contributed by atoms with Crippen molar-refractivity contribution >= 4 is 10.1 Å². The van der Waals surface area contributed by atoms with E-state index in [-0.39, 0.29) is 5.75 Å². The van der Waals surface area contributed by atoms with E-state index >= 15 is 0 Å². The lowest BCUT2D eigenvalue weighted by atomic mass is 9.51. The maximum Gasteiger partial charge on any atom is 0.264 e. The highest BCUT2D eigenvalue weighted by Gasteiger charge is 2.47. The number of unbranched alkanes of at least 4 members (excludes halogenated alkanes) is 3. The van der Waals surface area contributed by atoms with Gasteiger partial charge in [0.05, 0.1) is 5.75 Å². The highest BCUT2D eigenvalue weighted by molar-refractivity contribution is 7.85. The molecule has 0 aromatic heterocycles. The maximum absolute atomic E-state index is 10.6. The summed E-state index contributed by atoms with van der Waals surface area (Å²) in [6.45, 7) is 0. The largest absolute Gasteiger partial charge is 0.286 e. The second kappa shape index (κ2) is 5.96. The van der Waals surface area contributed by atoms with Gasteiger partial charge in [0.25, 0.3) is 10.1 Å². The van der Waals surface area contributed by atoms with Gasteiger partial charge in [0.15, 0.2) is 0 Å². The normalized spacial score (nSPS) is 39.4. The second-order valence-corrected chi connectivity index (χ2v) is 9.16. The summed E-state index contributed by atoms with van der Waals surface area (Å²) in [5.74, 6) is 5.06. The van der Waals surface area contributed by atoms with Crippen molar-refractivity contribution in [3.63, 3.8) is 0 Å². The summed E-state index contributed by atoms with van der Waals surface area (Å²) < 4.78 is 30.0. The van der Waals surface area contributed by atoms with Crippen LogP contribution in [-0.2, 0) is 10.1 Å². The number of hydrogen-bond donors (Lipinski definition) is 1. The Morgan fingerprint density at radius 2 is 1.35 bits per heavy atom. The lowest BCUT2D eigenvalue weighted by Crippen LogP contribution is -2.44. The summed E-state index contributed by atoms with van der Waals surface area (Å²) in [5.41, 5.74) is 0. The molecule has 4 aliphatic carbocycles. The molecule has 0 unspecified atom stereocenters. The van der Waals surface area contributed by atoms with Crippen LogP contribution in [0.2, 0.25) is 0 Å². The summed E-state index contributed by atoms with van der Waals surface area (Å²) in [7, 11) is -3.75. The lowest BCUT2D eigenvalue weighted by molar-refractivity contribution is -0.0404. The van der Waals surface area contributed by atoms with E-state index in [1.807, 2.05) is 0 Å². The molecular formula is C16H28O3S. The summed E-state index contributed by atoms with van der Waals surface area (Å²) >= 11 is 0. The first-order valence-corrected chi connectivity index (χ1v) is 10.1. The third-order valence-corrected chi connectivity index (χ3v) is 6.92. The molecule has 4 aliphatic rings. The van der Waals surface area contributed by atoms with Crippen molar-refractivity contribution in [3.05, 3.63) is 0 Å². The SMILES string of the molecule is O=S(=O)(O)CCCCCCC1C2CC3CC(C2)CC1C3. The molecule has 20 heavy (non-hydrogen) atoms. The van der Waals surface area contributed by atoms with Crippen molar-refractivity contribution in [2.24, 2.45) is 29.6 Å². The zero-order valence-electron chi connectivity index (χ0n) is 12.3. The first-order chi connectivity index (χ1) is 9.51. The predicted molar refractivity (Wildman–Crippen MR) is 80.0 cm³/mol. The van der Waals surface area contributed by atoms with E-state index in [1.54, 1.807) is 0 Å². The van der Waals surface area contributed by atoms with Gasteiger partial charge in [0.2, 0.25) is 0 Å². The van der Waals surface area contributed by atoms with Crippen molar-refractivity contribution in [2.45, 2.75) is 64.2 Å². The molecule has 0 heterocycles. The monoisotopic (exact) mass is 300 g/mol. The van der Waals surface area contributed by atoms with Gasteiger partial charge in [-0.05, 0) is 74.5 Å². The Kier molecular flexibility index (Phi) is 4.42. The highest BCUT2D eigenvalue weighted by Crippen LogP contribution is 2.57. The summed E-state index contributed by atoms with van der Waals surface area (Å²) in [5, 5.41) is 0. The third kappa shape index (κ3) is 3.56. The molecule has 4 saturated carbocycles. The van der Waals surface area contributed by atoms with Gasteiger partial charge in [-0.1, -0.05) is 19.3 Å². The van der Waals surface area contributed by atoms with Crippen LogP contribution in [0.4, 0.5) is 0 Å². The van der Waals surface area contributed by atoms with Gasteiger partial charge in [-0.2, -0.15) is 8.42 Å². The molecule has 116 valence electrons. The van der Waals surface area contributed by atoms with E-state index in [1.165, 1.54) is 44.9 Å². The van der Waals surface area contributed by atoms with Gasteiger partial charge in [0.1, 0.15) is 0 Å². The van der Waals surface area contributed by atoms with Gasteiger partial charge in [-0.25, -0.2) is 0 Å². The Morgan fingerprint density at radius 3 is 1.90 bits per heavy atom. The van der Waals surface area contributed by atoms with Crippen LogP contribution in [0.25, 0.3) is 0 Å². The van der Waals surface area contributed by atoms with E-state index < -0.39 is 10.1 Å². The number of rotatable bonds is 7. The minimum atomic E-state index is -3.75. The molecule has 0 amide bonds. The van der Waals surface area contributed by atoms with E-state index in [9.17, 15) is 8.42 Å². The first kappa shape index (κ1) is 14.8. The molecule has 0 aromatic carbocycles. The fraction of sp³-hybridized carbons (Fsp3) is 1.00. The van der Waals surface area contributed by atoms with Crippen LogP contribution in [0.3, 0.4) is 0 Å². The second-order valence-electron chi connectivity index (χ2n) is 7.58. The smallest absolute Gasteiger partial charge is 0.264 e. The highest BCUT2D eigenvalue weighted by atomic mass is 32.2. The van der Waals surface area contributed by atoms with E-state index in [0.717, 1.165) is 42.4 Å². The van der Waals surface area contributed by atoms with E-state index in [0.29, 0.717) is 6.42 Å². The van der Waals surface area contributed by atoms with E-state index in [2.05, 4.69) is 0 Å². The van der Waals surface area contributed by atoms with Crippen molar-refractivity contribution in [1.82, 2.24) is 0 Å². The Morgan fingerprint density at radius 1 is 0.800 bits per heavy atom. The zero-order valence-corrected chi connectivity index (χ0v) is 13.2. The molecule has 3 nitrogen and oxygen atoms in total. The molecule has 0 atom stereocenters. The summed E-state index contributed by atoms with van der Waals surface area (Å²) in [6, 6.07) is 0. The van der Waals surface area contributed by atoms with Crippen molar-refractivity contribution in [1.29, 1.82) is 0 Å². The summed E-state index contributed by atoms with van der Waals surface area (Å²) in [6.07, 6.45) is 12.8. The first-order valence-electron chi connectivity index (χ1n) is 8.46. The number of hydrogen-bond acceptors (Lipinski definition) is 2.